The van der Waals surface area contributed by atoms with Crippen LogP contribution in [-0.4, -0.2) is 63.9 Å². The fraction of sp³-hybridized carbons (Fsp3) is 0.303. The van der Waals surface area contributed by atoms with E-state index in [0.29, 0.717) is 22.2 Å². The number of alkyl halides is 3. The quantitative estimate of drug-likeness (QED) is 0.199. The van der Waals surface area contributed by atoms with Crippen molar-refractivity contribution in [2.24, 2.45) is 0 Å². The largest absolute Gasteiger partial charge is 0.419 e. The van der Waals surface area contributed by atoms with Gasteiger partial charge in [0.2, 0.25) is 5.91 Å². The van der Waals surface area contributed by atoms with Crippen molar-refractivity contribution in [1.29, 1.82) is 0 Å². The summed E-state index contributed by atoms with van der Waals surface area (Å²) < 4.78 is 83.0. The number of anilines is 2. The first-order valence-electron chi connectivity index (χ1n) is 16.0. The van der Waals surface area contributed by atoms with E-state index in [2.05, 4.69) is 16.5 Å². The summed E-state index contributed by atoms with van der Waals surface area (Å²) in [4.78, 5) is 53.8. The molecule has 0 spiro atoms. The Bertz CT molecular complexity index is 2170. The highest BCUT2D eigenvalue weighted by atomic mass is 35.5. The molecule has 0 radical (unpaired) electrons. The van der Waals surface area contributed by atoms with Crippen LogP contribution in [-0.2, 0) is 15.8 Å². The number of fused-ring (bicyclic) bond motifs is 5. The van der Waals surface area contributed by atoms with Crippen LogP contribution in [0.2, 0.25) is 5.02 Å². The maximum Gasteiger partial charge on any atom is 0.419 e. The van der Waals surface area contributed by atoms with Crippen molar-refractivity contribution in [3.8, 4) is 16.9 Å². The lowest BCUT2D eigenvalue weighted by Crippen LogP contribution is -2.63. The monoisotopic (exact) mass is 671 g/mol. The molecule has 6 rings (SSSR count). The Labute approximate surface area is 275 Å². The molecule has 47 heavy (non-hydrogen) atoms. The summed E-state index contributed by atoms with van der Waals surface area (Å²) >= 11 is 6.70. The Morgan fingerprint density at radius 3 is 2.57 bits per heavy atom. The van der Waals surface area contributed by atoms with Crippen LogP contribution >= 0.6 is 11.6 Å². The molecule has 0 saturated carbocycles. The summed E-state index contributed by atoms with van der Waals surface area (Å²) in [5.41, 5.74) is -3.25. The lowest BCUT2D eigenvalue weighted by molar-refractivity contribution is -0.140. The Balaban J connectivity index is 1.79. The highest BCUT2D eigenvalue weighted by molar-refractivity contribution is 6.34. The van der Waals surface area contributed by atoms with Gasteiger partial charge in [-0.1, -0.05) is 38.1 Å². The van der Waals surface area contributed by atoms with Crippen molar-refractivity contribution in [1.82, 2.24) is 19.4 Å². The number of rotatable bonds is 4. The number of nitrogens with zero attached hydrogens (tertiary/aromatic N) is 6. The molecule has 1 aromatic carbocycles. The number of benzene rings is 1. The van der Waals surface area contributed by atoms with E-state index >= 15 is 4.39 Å². The zero-order valence-electron chi connectivity index (χ0n) is 28.3. The van der Waals surface area contributed by atoms with E-state index in [1.54, 1.807) is 26.8 Å². The normalized spacial score (nSPS) is 17.7. The zero-order chi connectivity index (χ0) is 36.6. The molecule has 2 aliphatic heterocycles. The molecule has 2 amide bonds. The van der Waals surface area contributed by atoms with E-state index < -0.39 is 64.9 Å². The minimum atomic E-state index is -5.04. The van der Waals surface area contributed by atoms with Crippen molar-refractivity contribution in [3.05, 3.63) is 87.2 Å². The highest BCUT2D eigenvalue weighted by Crippen LogP contribution is 2.44. The minimum Gasteiger partial charge on any atom is -0.354 e. The summed E-state index contributed by atoms with van der Waals surface area (Å²) in [6.45, 7) is 5.38. The van der Waals surface area contributed by atoms with Gasteiger partial charge in [0.1, 0.15) is 23.2 Å². The van der Waals surface area contributed by atoms with E-state index in [1.807, 2.05) is 0 Å². The number of hydrogen-bond donors (Lipinski definition) is 0. The predicted octanol–water partition coefficient (Wildman–Crippen LogP) is 5.87. The second-order valence-electron chi connectivity index (χ2n) is 11.6. The average Bonchev–Trinajstić information content (AvgIpc) is 3.04. The topological polar surface area (TPSA) is 91.6 Å². The van der Waals surface area contributed by atoms with E-state index in [0.717, 1.165) is 22.8 Å². The second-order valence-corrected chi connectivity index (χ2v) is 12.0. The van der Waals surface area contributed by atoms with Crippen molar-refractivity contribution < 1.29 is 31.3 Å². The molecular formula is C33H29ClF4N6O3. The first-order chi connectivity index (χ1) is 23.4. The Morgan fingerprint density at radius 1 is 1.17 bits per heavy atom. The number of likely N-dealkylation sites (N-methyl/N-ethyl adjacent to an activating group) is 1. The van der Waals surface area contributed by atoms with Crippen LogP contribution in [0.25, 0.3) is 28.0 Å². The molecule has 3 aromatic heterocycles. The molecule has 1 saturated heterocycles. The van der Waals surface area contributed by atoms with Gasteiger partial charge in [-0.05, 0) is 48.7 Å². The molecule has 0 aliphatic carbocycles. The van der Waals surface area contributed by atoms with Gasteiger partial charge in [0, 0.05) is 41.3 Å². The van der Waals surface area contributed by atoms with E-state index in [1.165, 1.54) is 22.1 Å². The third kappa shape index (κ3) is 5.03. The molecule has 4 aromatic rings. The molecule has 244 valence electrons. The van der Waals surface area contributed by atoms with E-state index in [4.69, 9.17) is 15.7 Å². The third-order valence-electron chi connectivity index (χ3n) is 8.42. The van der Waals surface area contributed by atoms with Crippen LogP contribution in [0.5, 0.6) is 0 Å². The van der Waals surface area contributed by atoms with Crippen LogP contribution in [0, 0.1) is 12.7 Å². The zero-order valence-corrected chi connectivity index (χ0v) is 26.1. The fourth-order valence-corrected chi connectivity index (χ4v) is 6.47. The van der Waals surface area contributed by atoms with Gasteiger partial charge in [0.05, 0.1) is 39.9 Å². The van der Waals surface area contributed by atoms with Crippen LogP contribution in [0.3, 0.4) is 0 Å². The second kappa shape index (κ2) is 11.5. The number of hydrogen-bond acceptors (Lipinski definition) is 6. The summed E-state index contributed by atoms with van der Waals surface area (Å²) in [5.74, 6) is -3.40. The molecule has 0 unspecified atom stereocenters. The Kier molecular flexibility index (Phi) is 6.95. The van der Waals surface area contributed by atoms with Crippen LogP contribution in [0.1, 0.15) is 40.7 Å². The maximum atomic E-state index is 15.6. The third-order valence-corrected chi connectivity index (χ3v) is 8.71. The Hall–Kier alpha value is -4.78. The van der Waals surface area contributed by atoms with Crippen molar-refractivity contribution >= 4 is 45.8 Å². The molecule has 9 nitrogen and oxygen atoms in total. The number of piperazine rings is 1. The number of aromatic nitrogens is 3. The maximum absolute atomic E-state index is 15.6. The first-order valence-corrected chi connectivity index (χ1v) is 14.9. The van der Waals surface area contributed by atoms with Crippen LogP contribution < -0.4 is 15.4 Å². The average molecular weight is 672 g/mol. The molecule has 2 aliphatic rings. The lowest BCUT2D eigenvalue weighted by Gasteiger charge is -2.47. The number of halogens is 5. The fourth-order valence-electron chi connectivity index (χ4n) is 6.21. The summed E-state index contributed by atoms with van der Waals surface area (Å²) in [7, 11) is 0. The predicted molar refractivity (Wildman–Crippen MR) is 171 cm³/mol. The number of aryl methyl sites for hydroxylation is 1. The van der Waals surface area contributed by atoms with Gasteiger partial charge in [-0.25, -0.2) is 9.37 Å². The van der Waals surface area contributed by atoms with Gasteiger partial charge in [-0.2, -0.15) is 13.2 Å². The summed E-state index contributed by atoms with van der Waals surface area (Å²) in [5, 5.41) is -0.265. The number of amides is 2. The van der Waals surface area contributed by atoms with Gasteiger partial charge in [0.15, 0.2) is 0 Å². The van der Waals surface area contributed by atoms with Gasteiger partial charge in [-0.3, -0.25) is 23.9 Å². The molecule has 5 heterocycles. The molecule has 0 bridgehead atoms. The van der Waals surface area contributed by atoms with Gasteiger partial charge < -0.3 is 14.7 Å². The van der Waals surface area contributed by atoms with Gasteiger partial charge in [0.25, 0.3) is 11.5 Å². The summed E-state index contributed by atoms with van der Waals surface area (Å²) in [6.07, 6.45) is -2.47. The van der Waals surface area contributed by atoms with Gasteiger partial charge in [-0.15, -0.1) is 0 Å². The van der Waals surface area contributed by atoms with Gasteiger partial charge >= 0.3 is 6.18 Å². The van der Waals surface area contributed by atoms with Crippen LogP contribution in [0.15, 0.2) is 54.0 Å². The van der Waals surface area contributed by atoms with Crippen molar-refractivity contribution in [3.63, 3.8) is 0 Å². The molecule has 0 N–H and O–H groups in total. The van der Waals surface area contributed by atoms with Crippen LogP contribution in [0.4, 0.5) is 28.9 Å². The number of carbonyl (C=O) groups is 2. The molecule has 1 atom stereocenters. The minimum absolute atomic E-state index is 0.0266. The molecule has 14 heteroatoms. The van der Waals surface area contributed by atoms with Crippen molar-refractivity contribution in [2.45, 2.75) is 38.9 Å². The lowest BCUT2D eigenvalue weighted by atomic mass is 9.99. The van der Waals surface area contributed by atoms with Crippen molar-refractivity contribution in [2.75, 3.05) is 36.4 Å². The summed E-state index contributed by atoms with van der Waals surface area (Å²) in [6, 6.07) is 4.25. The SMILES string of the molecule is [2H]C([2H])([2H])N1C(=O)[C@H]2CN(C(=O)C=C)CCN2c2c1c(=O)n(-c1c(C)ccnc1C(C)C)c1nc(-c3cccc(C(F)(F)F)c3F)c(Cl)cc21. The number of carbonyl (C=O) groups excluding carboxylic acids is 2. The smallest absolute Gasteiger partial charge is 0.354 e. The molecule has 1 fully saturated rings. The molecular weight excluding hydrogens is 640 g/mol. The standard InChI is InChI=1S/C33H29ClF4N6O3/c1-6-23(45)42-12-13-43-22(15-42)31(46)41(5)29-28(43)19-14-21(34)26(18-8-7-9-20(24(18)35)33(36,37)38)40-30(19)44(32(29)47)27-17(4)10-11-39-25(27)16(2)3/h6-11,14,16,22H,1,12-13,15H2,2-5H3/t22-/m1/s1/i5D3. The van der Waals surface area contributed by atoms with E-state index in [-0.39, 0.29) is 53.0 Å². The first kappa shape index (κ1) is 28.4. The highest BCUT2D eigenvalue weighted by Gasteiger charge is 2.44. The Morgan fingerprint density at radius 2 is 1.91 bits per heavy atom. The van der Waals surface area contributed by atoms with E-state index in [9.17, 15) is 27.6 Å². The number of pyridine rings is 3.